The Bertz CT molecular complexity index is 238. The standard InChI is InChI=1S/C7H16N2O2S/c1-2-4-9-5-3-7(6-8)12(9,10)11/h7H,2-6,8H2,1H3/t7-/m1/s1. The number of hydrogen-bond donors (Lipinski definition) is 1. The molecule has 0 aromatic carbocycles. The van der Waals surface area contributed by atoms with Crippen LogP contribution in [0.25, 0.3) is 0 Å². The highest BCUT2D eigenvalue weighted by Gasteiger charge is 2.36. The zero-order valence-corrected chi connectivity index (χ0v) is 8.18. The molecule has 1 heterocycles. The molecule has 0 radical (unpaired) electrons. The minimum atomic E-state index is -3.03. The summed E-state index contributed by atoms with van der Waals surface area (Å²) >= 11 is 0. The highest BCUT2D eigenvalue weighted by atomic mass is 32.2. The predicted molar refractivity (Wildman–Crippen MR) is 48.2 cm³/mol. The van der Waals surface area contributed by atoms with Crippen LogP contribution in [-0.4, -0.2) is 37.6 Å². The first-order chi connectivity index (χ1) is 5.62. The fourth-order valence-electron chi connectivity index (χ4n) is 1.50. The Morgan fingerprint density at radius 2 is 2.25 bits per heavy atom. The zero-order valence-electron chi connectivity index (χ0n) is 7.36. The Morgan fingerprint density at radius 3 is 2.67 bits per heavy atom. The van der Waals surface area contributed by atoms with E-state index in [9.17, 15) is 8.42 Å². The molecular weight excluding hydrogens is 176 g/mol. The van der Waals surface area contributed by atoms with E-state index in [0.29, 0.717) is 19.5 Å². The average Bonchev–Trinajstić information content (AvgIpc) is 2.28. The Hall–Kier alpha value is -0.130. The maximum atomic E-state index is 11.6. The van der Waals surface area contributed by atoms with Crippen molar-refractivity contribution in [3.05, 3.63) is 0 Å². The van der Waals surface area contributed by atoms with E-state index in [1.807, 2.05) is 6.92 Å². The molecule has 0 aromatic heterocycles. The van der Waals surface area contributed by atoms with Crippen molar-refractivity contribution in [2.45, 2.75) is 25.0 Å². The van der Waals surface area contributed by atoms with E-state index in [1.165, 1.54) is 0 Å². The van der Waals surface area contributed by atoms with Gasteiger partial charge in [-0.3, -0.25) is 0 Å². The van der Waals surface area contributed by atoms with Crippen molar-refractivity contribution in [3.8, 4) is 0 Å². The first-order valence-corrected chi connectivity index (χ1v) is 5.82. The lowest BCUT2D eigenvalue weighted by atomic mass is 10.3. The van der Waals surface area contributed by atoms with E-state index >= 15 is 0 Å². The molecule has 0 unspecified atom stereocenters. The summed E-state index contributed by atoms with van der Waals surface area (Å²) < 4.78 is 24.7. The van der Waals surface area contributed by atoms with Gasteiger partial charge in [0.1, 0.15) is 0 Å². The number of sulfonamides is 1. The molecule has 0 aromatic rings. The summed E-state index contributed by atoms with van der Waals surface area (Å²) in [7, 11) is -3.03. The van der Waals surface area contributed by atoms with Crippen LogP contribution < -0.4 is 5.73 Å². The maximum Gasteiger partial charge on any atom is 0.218 e. The number of nitrogens with two attached hydrogens (primary N) is 1. The molecule has 0 bridgehead atoms. The Balaban J connectivity index is 2.71. The van der Waals surface area contributed by atoms with Crippen LogP contribution in [0.2, 0.25) is 0 Å². The molecule has 12 heavy (non-hydrogen) atoms. The van der Waals surface area contributed by atoms with E-state index in [1.54, 1.807) is 4.31 Å². The van der Waals surface area contributed by atoms with Gasteiger partial charge in [-0.1, -0.05) is 6.92 Å². The van der Waals surface area contributed by atoms with Crippen molar-refractivity contribution >= 4 is 10.0 Å². The van der Waals surface area contributed by atoms with Crippen LogP contribution in [0, 0.1) is 0 Å². The van der Waals surface area contributed by atoms with Crippen LogP contribution in [0.5, 0.6) is 0 Å². The van der Waals surface area contributed by atoms with Crippen molar-refractivity contribution in [1.29, 1.82) is 0 Å². The summed E-state index contributed by atoms with van der Waals surface area (Å²) in [6.07, 6.45) is 1.56. The molecule has 1 aliphatic rings. The highest BCUT2D eigenvalue weighted by Crippen LogP contribution is 2.20. The van der Waals surface area contributed by atoms with Gasteiger partial charge in [0.25, 0.3) is 0 Å². The molecule has 72 valence electrons. The van der Waals surface area contributed by atoms with Crippen LogP contribution in [0.1, 0.15) is 19.8 Å². The van der Waals surface area contributed by atoms with Crippen molar-refractivity contribution < 1.29 is 8.42 Å². The normalized spacial score (nSPS) is 29.3. The van der Waals surface area contributed by atoms with Gasteiger partial charge in [0, 0.05) is 19.6 Å². The first-order valence-electron chi connectivity index (χ1n) is 4.32. The first kappa shape index (κ1) is 9.95. The molecule has 1 atom stereocenters. The van der Waals surface area contributed by atoms with Crippen LogP contribution in [-0.2, 0) is 10.0 Å². The largest absolute Gasteiger partial charge is 0.329 e. The molecular formula is C7H16N2O2S. The second kappa shape index (κ2) is 3.72. The SMILES string of the molecule is CCCN1CC[C@H](CN)S1(=O)=O. The third kappa shape index (κ3) is 1.62. The molecule has 1 fully saturated rings. The van der Waals surface area contributed by atoms with Gasteiger partial charge in [-0.05, 0) is 12.8 Å². The maximum absolute atomic E-state index is 11.6. The number of hydrogen-bond acceptors (Lipinski definition) is 3. The molecule has 0 aliphatic carbocycles. The van der Waals surface area contributed by atoms with Crippen LogP contribution in [0.3, 0.4) is 0 Å². The van der Waals surface area contributed by atoms with Crippen molar-refractivity contribution in [2.75, 3.05) is 19.6 Å². The monoisotopic (exact) mass is 192 g/mol. The van der Waals surface area contributed by atoms with Gasteiger partial charge < -0.3 is 5.73 Å². The fourth-order valence-corrected chi connectivity index (χ4v) is 3.37. The van der Waals surface area contributed by atoms with Gasteiger partial charge in [0.2, 0.25) is 10.0 Å². The van der Waals surface area contributed by atoms with Crippen LogP contribution >= 0.6 is 0 Å². The molecule has 0 saturated carbocycles. The zero-order chi connectivity index (χ0) is 9.19. The van der Waals surface area contributed by atoms with Crippen molar-refractivity contribution in [3.63, 3.8) is 0 Å². The lowest BCUT2D eigenvalue weighted by Crippen LogP contribution is -2.33. The summed E-state index contributed by atoms with van der Waals surface area (Å²) in [5.41, 5.74) is 5.36. The molecule has 4 nitrogen and oxygen atoms in total. The van der Waals surface area contributed by atoms with E-state index in [0.717, 1.165) is 6.42 Å². The number of rotatable bonds is 3. The van der Waals surface area contributed by atoms with Gasteiger partial charge in [-0.15, -0.1) is 0 Å². The number of nitrogens with zero attached hydrogens (tertiary/aromatic N) is 1. The third-order valence-electron chi connectivity index (χ3n) is 2.22. The van der Waals surface area contributed by atoms with Gasteiger partial charge in [-0.2, -0.15) is 0 Å². The molecule has 5 heteroatoms. The van der Waals surface area contributed by atoms with Gasteiger partial charge in [0.15, 0.2) is 0 Å². The Kier molecular flexibility index (Phi) is 3.09. The lowest BCUT2D eigenvalue weighted by molar-refractivity contribution is 0.443. The second-order valence-corrected chi connectivity index (χ2v) is 5.30. The van der Waals surface area contributed by atoms with Crippen LogP contribution in [0.4, 0.5) is 0 Å². The second-order valence-electron chi connectivity index (χ2n) is 3.09. The highest BCUT2D eigenvalue weighted by molar-refractivity contribution is 7.90. The Morgan fingerprint density at radius 1 is 1.58 bits per heavy atom. The minimum Gasteiger partial charge on any atom is -0.329 e. The molecule has 2 N–H and O–H groups in total. The predicted octanol–water partition coefficient (Wildman–Crippen LogP) is -0.241. The van der Waals surface area contributed by atoms with E-state index in [4.69, 9.17) is 5.73 Å². The van der Waals surface area contributed by atoms with Gasteiger partial charge in [0.05, 0.1) is 5.25 Å². The van der Waals surface area contributed by atoms with Gasteiger partial charge in [-0.25, -0.2) is 12.7 Å². The molecule has 1 saturated heterocycles. The van der Waals surface area contributed by atoms with Gasteiger partial charge >= 0.3 is 0 Å². The summed E-state index contributed by atoms with van der Waals surface area (Å²) in [5, 5.41) is -0.330. The summed E-state index contributed by atoms with van der Waals surface area (Å²) in [5.74, 6) is 0. The average molecular weight is 192 g/mol. The summed E-state index contributed by atoms with van der Waals surface area (Å²) in [6, 6.07) is 0. The van der Waals surface area contributed by atoms with Crippen LogP contribution in [0.15, 0.2) is 0 Å². The van der Waals surface area contributed by atoms with E-state index in [-0.39, 0.29) is 11.8 Å². The third-order valence-corrected chi connectivity index (χ3v) is 4.57. The molecule has 1 rings (SSSR count). The van der Waals surface area contributed by atoms with E-state index in [2.05, 4.69) is 0 Å². The quantitative estimate of drug-likeness (QED) is 0.671. The van der Waals surface area contributed by atoms with Crippen molar-refractivity contribution in [2.24, 2.45) is 5.73 Å². The lowest BCUT2D eigenvalue weighted by Gasteiger charge is -2.14. The smallest absolute Gasteiger partial charge is 0.218 e. The summed E-state index contributed by atoms with van der Waals surface area (Å²) in [6.45, 7) is 3.52. The Labute approximate surface area is 73.8 Å². The fraction of sp³-hybridized carbons (Fsp3) is 1.00. The molecule has 0 spiro atoms. The van der Waals surface area contributed by atoms with E-state index < -0.39 is 10.0 Å². The summed E-state index contributed by atoms with van der Waals surface area (Å²) in [4.78, 5) is 0. The minimum absolute atomic E-state index is 0.253. The topological polar surface area (TPSA) is 63.4 Å². The molecule has 0 amide bonds. The molecule has 1 aliphatic heterocycles. The van der Waals surface area contributed by atoms with Crippen molar-refractivity contribution in [1.82, 2.24) is 4.31 Å².